The maximum Gasteiger partial charge on any atom is 0.282 e. The lowest BCUT2D eigenvalue weighted by atomic mass is 10.1. The highest BCUT2D eigenvalue weighted by atomic mass is 35.5. The monoisotopic (exact) mass is 312 g/mol. The fourth-order valence-corrected chi connectivity index (χ4v) is 1.80. The lowest BCUT2D eigenvalue weighted by Crippen LogP contribution is -2.14. The Morgan fingerprint density at radius 1 is 1.19 bits per heavy atom. The molecule has 8 heteroatoms. The molecule has 5 nitrogen and oxygen atoms in total. The minimum atomic E-state index is -0.899. The van der Waals surface area contributed by atoms with Crippen molar-refractivity contribution in [2.24, 2.45) is 0 Å². The molecule has 1 amide bonds. The number of benzene rings is 2. The fraction of sp³-hybridized carbons (Fsp3) is 0. The topological polar surface area (TPSA) is 72.2 Å². The molecule has 0 unspecified atom stereocenters. The number of nitro groups is 1. The molecule has 0 aliphatic carbocycles. The van der Waals surface area contributed by atoms with Crippen LogP contribution in [0.3, 0.4) is 0 Å². The van der Waals surface area contributed by atoms with E-state index in [1.807, 2.05) is 0 Å². The van der Waals surface area contributed by atoms with E-state index >= 15 is 0 Å². The number of nitro benzene ring substituents is 1. The third kappa shape index (κ3) is 3.32. The molecular formula is C13H7ClF2N2O3. The van der Waals surface area contributed by atoms with Crippen molar-refractivity contribution in [2.45, 2.75) is 0 Å². The summed E-state index contributed by atoms with van der Waals surface area (Å²) in [4.78, 5) is 22.0. The van der Waals surface area contributed by atoms with E-state index in [1.165, 1.54) is 6.07 Å². The molecule has 0 spiro atoms. The summed E-state index contributed by atoms with van der Waals surface area (Å²) in [5.74, 6) is -2.36. The van der Waals surface area contributed by atoms with Gasteiger partial charge in [0.1, 0.15) is 17.2 Å². The minimum Gasteiger partial charge on any atom is -0.322 e. The van der Waals surface area contributed by atoms with Crippen LogP contribution in [0.25, 0.3) is 0 Å². The van der Waals surface area contributed by atoms with Crippen molar-refractivity contribution in [1.82, 2.24) is 0 Å². The molecule has 2 rings (SSSR count). The maximum atomic E-state index is 13.2. The Bertz CT molecular complexity index is 737. The predicted octanol–water partition coefficient (Wildman–Crippen LogP) is 3.78. The van der Waals surface area contributed by atoms with E-state index in [-0.39, 0.29) is 10.7 Å². The number of nitrogens with one attached hydrogen (secondary N) is 1. The number of carbonyl (C=O) groups excluding carboxylic acids is 1. The van der Waals surface area contributed by atoms with Gasteiger partial charge in [-0.15, -0.1) is 0 Å². The Morgan fingerprint density at radius 3 is 2.52 bits per heavy atom. The first kappa shape index (κ1) is 14.9. The van der Waals surface area contributed by atoms with Gasteiger partial charge in [0, 0.05) is 11.8 Å². The van der Waals surface area contributed by atoms with Crippen molar-refractivity contribution in [3.8, 4) is 0 Å². The molecule has 108 valence electrons. The van der Waals surface area contributed by atoms with E-state index in [4.69, 9.17) is 11.6 Å². The van der Waals surface area contributed by atoms with Gasteiger partial charge in [0.05, 0.1) is 9.95 Å². The zero-order valence-electron chi connectivity index (χ0n) is 10.3. The number of rotatable bonds is 3. The van der Waals surface area contributed by atoms with Gasteiger partial charge in [-0.05, 0) is 30.3 Å². The van der Waals surface area contributed by atoms with Crippen LogP contribution in [0.4, 0.5) is 20.2 Å². The molecule has 0 bridgehead atoms. The molecular weight excluding hydrogens is 306 g/mol. The summed E-state index contributed by atoms with van der Waals surface area (Å²) in [5.41, 5.74) is -0.854. The standard InChI is InChI=1S/C13H7ClF2N2O3/c14-10-6-8(2-3-11(10)16)17-13(19)9-5-7(15)1-4-12(9)18(20)21/h1-6H,(H,17,19). The Labute approximate surface area is 122 Å². The Kier molecular flexibility index (Phi) is 4.13. The van der Waals surface area contributed by atoms with E-state index < -0.39 is 33.7 Å². The van der Waals surface area contributed by atoms with Crippen LogP contribution in [0, 0.1) is 21.7 Å². The fourth-order valence-electron chi connectivity index (χ4n) is 1.62. The van der Waals surface area contributed by atoms with Crippen molar-refractivity contribution in [1.29, 1.82) is 0 Å². The van der Waals surface area contributed by atoms with Crippen molar-refractivity contribution >= 4 is 28.9 Å². The van der Waals surface area contributed by atoms with Crippen molar-refractivity contribution in [3.05, 3.63) is 68.7 Å². The smallest absolute Gasteiger partial charge is 0.282 e. The number of carbonyl (C=O) groups is 1. The predicted molar refractivity (Wildman–Crippen MR) is 72.4 cm³/mol. The molecule has 0 radical (unpaired) electrons. The molecule has 2 aromatic carbocycles. The number of hydrogen-bond acceptors (Lipinski definition) is 3. The minimum absolute atomic E-state index is 0.130. The zero-order valence-corrected chi connectivity index (χ0v) is 11.0. The molecule has 0 heterocycles. The van der Waals surface area contributed by atoms with Crippen molar-refractivity contribution < 1.29 is 18.5 Å². The lowest BCUT2D eigenvalue weighted by Gasteiger charge is -2.06. The molecule has 1 N–H and O–H groups in total. The first-order chi connectivity index (χ1) is 9.88. The van der Waals surface area contributed by atoms with Crippen LogP contribution in [-0.2, 0) is 0 Å². The number of anilines is 1. The number of hydrogen-bond donors (Lipinski definition) is 1. The van der Waals surface area contributed by atoms with Gasteiger partial charge in [-0.25, -0.2) is 8.78 Å². The second-order valence-electron chi connectivity index (χ2n) is 4.00. The number of amides is 1. The van der Waals surface area contributed by atoms with Gasteiger partial charge < -0.3 is 5.32 Å². The van der Waals surface area contributed by atoms with E-state index in [2.05, 4.69) is 5.32 Å². The molecule has 0 aromatic heterocycles. The summed E-state index contributed by atoms with van der Waals surface area (Å²) in [5, 5.41) is 12.9. The average Bonchev–Trinajstić information content (AvgIpc) is 2.42. The normalized spacial score (nSPS) is 10.2. The highest BCUT2D eigenvalue weighted by Crippen LogP contribution is 2.23. The third-order valence-electron chi connectivity index (χ3n) is 2.58. The van der Waals surface area contributed by atoms with Crippen LogP contribution in [0.5, 0.6) is 0 Å². The molecule has 0 fully saturated rings. The summed E-state index contributed by atoms with van der Waals surface area (Å²) < 4.78 is 26.2. The Balaban J connectivity index is 2.34. The second kappa shape index (κ2) is 5.84. The molecule has 21 heavy (non-hydrogen) atoms. The van der Waals surface area contributed by atoms with Crippen LogP contribution in [-0.4, -0.2) is 10.8 Å². The molecule has 0 saturated carbocycles. The lowest BCUT2D eigenvalue weighted by molar-refractivity contribution is -0.385. The van der Waals surface area contributed by atoms with Crippen LogP contribution in [0.1, 0.15) is 10.4 Å². The quantitative estimate of drug-likeness (QED) is 0.692. The van der Waals surface area contributed by atoms with E-state index in [1.54, 1.807) is 0 Å². The Morgan fingerprint density at radius 2 is 1.90 bits per heavy atom. The highest BCUT2D eigenvalue weighted by Gasteiger charge is 2.21. The molecule has 0 atom stereocenters. The molecule has 2 aromatic rings. The van der Waals surface area contributed by atoms with Gasteiger partial charge in [0.25, 0.3) is 11.6 Å². The van der Waals surface area contributed by atoms with Gasteiger partial charge in [-0.1, -0.05) is 11.6 Å². The van der Waals surface area contributed by atoms with Gasteiger partial charge in [0.2, 0.25) is 0 Å². The first-order valence-electron chi connectivity index (χ1n) is 5.59. The summed E-state index contributed by atoms with van der Waals surface area (Å²) in [6.07, 6.45) is 0. The van der Waals surface area contributed by atoms with Crippen molar-refractivity contribution in [3.63, 3.8) is 0 Å². The first-order valence-corrected chi connectivity index (χ1v) is 5.96. The van der Waals surface area contributed by atoms with E-state index in [0.29, 0.717) is 0 Å². The van der Waals surface area contributed by atoms with Crippen LogP contribution in [0.15, 0.2) is 36.4 Å². The maximum absolute atomic E-state index is 13.2. The molecule has 0 saturated heterocycles. The average molecular weight is 313 g/mol. The highest BCUT2D eigenvalue weighted by molar-refractivity contribution is 6.31. The zero-order chi connectivity index (χ0) is 15.6. The summed E-state index contributed by atoms with van der Waals surface area (Å²) >= 11 is 5.56. The second-order valence-corrected chi connectivity index (χ2v) is 4.41. The largest absolute Gasteiger partial charge is 0.322 e. The van der Waals surface area contributed by atoms with E-state index in [0.717, 1.165) is 30.3 Å². The summed E-state index contributed by atoms with van der Waals surface area (Å²) in [6, 6.07) is 5.91. The number of nitrogens with zero attached hydrogens (tertiary/aromatic N) is 1. The number of halogens is 3. The third-order valence-corrected chi connectivity index (χ3v) is 2.87. The van der Waals surface area contributed by atoms with Gasteiger partial charge in [-0.3, -0.25) is 14.9 Å². The van der Waals surface area contributed by atoms with Crippen LogP contribution in [0.2, 0.25) is 5.02 Å². The molecule has 0 aliphatic rings. The van der Waals surface area contributed by atoms with Crippen molar-refractivity contribution in [2.75, 3.05) is 5.32 Å². The van der Waals surface area contributed by atoms with Gasteiger partial charge in [-0.2, -0.15) is 0 Å². The van der Waals surface area contributed by atoms with Gasteiger partial charge in [0.15, 0.2) is 0 Å². The summed E-state index contributed by atoms with van der Waals surface area (Å²) in [7, 11) is 0. The van der Waals surface area contributed by atoms with E-state index in [9.17, 15) is 23.7 Å². The summed E-state index contributed by atoms with van der Waals surface area (Å²) in [6.45, 7) is 0. The van der Waals surface area contributed by atoms with Crippen LogP contribution < -0.4 is 5.32 Å². The van der Waals surface area contributed by atoms with Crippen LogP contribution >= 0.6 is 11.6 Å². The van der Waals surface area contributed by atoms with Gasteiger partial charge >= 0.3 is 0 Å². The SMILES string of the molecule is O=C(Nc1ccc(F)c(Cl)c1)c1cc(F)ccc1[N+](=O)[O-]. The molecule has 0 aliphatic heterocycles. The Hall–Kier alpha value is -2.54.